The second kappa shape index (κ2) is 10.5. The lowest BCUT2D eigenvalue weighted by molar-refractivity contribution is 0.0937. The van der Waals surface area contributed by atoms with Crippen molar-refractivity contribution in [2.75, 3.05) is 20.3 Å². The fraction of sp³-hybridized carbons (Fsp3) is 0.611. The first-order valence-corrected chi connectivity index (χ1v) is 10.2. The summed E-state index contributed by atoms with van der Waals surface area (Å²) in [4.78, 5) is 12.6. The molecule has 0 bridgehead atoms. The van der Waals surface area contributed by atoms with Crippen molar-refractivity contribution in [3.05, 3.63) is 29.3 Å². The van der Waals surface area contributed by atoms with Crippen molar-refractivity contribution in [2.24, 2.45) is 0 Å². The Morgan fingerprint density at radius 3 is 2.64 bits per heavy atom. The lowest BCUT2D eigenvalue weighted by atomic mass is 10.1. The number of ether oxygens (including phenoxy) is 1. The Morgan fingerprint density at radius 1 is 1.28 bits per heavy atom. The minimum absolute atomic E-state index is 0.0542. The first-order chi connectivity index (χ1) is 11.8. The first-order valence-electron chi connectivity index (χ1n) is 8.72. The fourth-order valence-corrected chi connectivity index (χ4v) is 3.49. The number of carbonyl (C=O) groups is 1. The number of aryl methyl sites for hydroxylation is 1. The molecule has 0 aliphatic rings. The Balaban J connectivity index is 2.84. The molecule has 1 atom stereocenters. The number of unbranched alkanes of at least 4 members (excludes halogenated alkanes) is 2. The third-order valence-electron chi connectivity index (χ3n) is 3.98. The molecule has 1 amide bonds. The van der Waals surface area contributed by atoms with Crippen molar-refractivity contribution in [3.63, 3.8) is 0 Å². The van der Waals surface area contributed by atoms with E-state index in [2.05, 4.69) is 17.0 Å². The highest BCUT2D eigenvalue weighted by molar-refractivity contribution is 7.89. The summed E-state index contributed by atoms with van der Waals surface area (Å²) in [5.41, 5.74) is 1.13. The third-order valence-corrected chi connectivity index (χ3v) is 5.44. The van der Waals surface area contributed by atoms with E-state index in [0.29, 0.717) is 5.56 Å². The van der Waals surface area contributed by atoms with E-state index >= 15 is 0 Å². The molecule has 2 N–H and O–H groups in total. The van der Waals surface area contributed by atoms with Crippen molar-refractivity contribution in [3.8, 4) is 0 Å². The molecule has 1 unspecified atom stereocenters. The Bertz CT molecular complexity index is 659. The minimum atomic E-state index is -3.66. The summed E-state index contributed by atoms with van der Waals surface area (Å²) < 4.78 is 31.9. The molecular weight excluding hydrogens is 340 g/mol. The standard InChI is InChI=1S/C18H30N2O4S/c1-5-6-7-8-15(3)20-18(21)17-13-16(10-9-14(17)2)25(22,23)19-11-12-24-4/h9-10,13,15,19H,5-8,11-12H2,1-4H3,(H,20,21). The number of carbonyl (C=O) groups excluding carboxylic acids is 1. The van der Waals surface area contributed by atoms with Crippen molar-refractivity contribution >= 4 is 15.9 Å². The smallest absolute Gasteiger partial charge is 0.251 e. The fourth-order valence-electron chi connectivity index (χ4n) is 2.45. The van der Waals surface area contributed by atoms with Crippen LogP contribution in [0.3, 0.4) is 0 Å². The summed E-state index contributed by atoms with van der Waals surface area (Å²) >= 11 is 0. The highest BCUT2D eigenvalue weighted by atomic mass is 32.2. The van der Waals surface area contributed by atoms with Gasteiger partial charge in [0.25, 0.3) is 5.91 Å². The zero-order valence-corrected chi connectivity index (χ0v) is 16.4. The van der Waals surface area contributed by atoms with Gasteiger partial charge in [-0.05, 0) is 38.0 Å². The van der Waals surface area contributed by atoms with Gasteiger partial charge in [-0.15, -0.1) is 0 Å². The number of hydrogen-bond donors (Lipinski definition) is 2. The monoisotopic (exact) mass is 370 g/mol. The Morgan fingerprint density at radius 2 is 2.00 bits per heavy atom. The SMILES string of the molecule is CCCCCC(C)NC(=O)c1cc(S(=O)(=O)NCCOC)ccc1C. The van der Waals surface area contributed by atoms with E-state index < -0.39 is 10.0 Å². The summed E-state index contributed by atoms with van der Waals surface area (Å²) in [6.45, 7) is 6.37. The van der Waals surface area contributed by atoms with Gasteiger partial charge in [-0.1, -0.05) is 32.3 Å². The lowest BCUT2D eigenvalue weighted by Crippen LogP contribution is -2.33. The Kier molecular flexibility index (Phi) is 9.10. The van der Waals surface area contributed by atoms with E-state index in [1.165, 1.54) is 19.2 Å². The van der Waals surface area contributed by atoms with Crippen molar-refractivity contribution in [1.82, 2.24) is 10.0 Å². The number of hydrogen-bond acceptors (Lipinski definition) is 4. The minimum Gasteiger partial charge on any atom is -0.383 e. The molecule has 0 aliphatic carbocycles. The second-order valence-corrected chi connectivity index (χ2v) is 8.00. The Hall–Kier alpha value is -1.44. The molecule has 1 aromatic carbocycles. The van der Waals surface area contributed by atoms with E-state index in [9.17, 15) is 13.2 Å². The van der Waals surface area contributed by atoms with Gasteiger partial charge in [0.1, 0.15) is 0 Å². The number of rotatable bonds is 11. The second-order valence-electron chi connectivity index (χ2n) is 6.24. The van der Waals surface area contributed by atoms with E-state index in [1.54, 1.807) is 13.0 Å². The number of methoxy groups -OCH3 is 1. The van der Waals surface area contributed by atoms with E-state index in [1.807, 2.05) is 6.92 Å². The summed E-state index contributed by atoms with van der Waals surface area (Å²) in [5, 5.41) is 2.95. The van der Waals surface area contributed by atoms with Gasteiger partial charge in [0, 0.05) is 25.3 Å². The zero-order valence-electron chi connectivity index (χ0n) is 15.6. The summed E-state index contributed by atoms with van der Waals surface area (Å²) in [6.07, 6.45) is 4.25. The number of sulfonamides is 1. The molecular formula is C18H30N2O4S. The normalized spacial score (nSPS) is 12.8. The van der Waals surface area contributed by atoms with Gasteiger partial charge < -0.3 is 10.1 Å². The maximum absolute atomic E-state index is 12.5. The van der Waals surface area contributed by atoms with Crippen LogP contribution in [0.25, 0.3) is 0 Å². The summed E-state index contributed by atoms with van der Waals surface area (Å²) in [5.74, 6) is -0.240. The predicted molar refractivity (Wildman–Crippen MR) is 99.3 cm³/mol. The summed E-state index contributed by atoms with van der Waals surface area (Å²) in [6, 6.07) is 4.64. The molecule has 0 aliphatic heterocycles. The topological polar surface area (TPSA) is 84.5 Å². The molecule has 0 saturated carbocycles. The highest BCUT2D eigenvalue weighted by Crippen LogP contribution is 2.16. The number of amides is 1. The van der Waals surface area contributed by atoms with Crippen LogP contribution in [0.15, 0.2) is 23.1 Å². The van der Waals surface area contributed by atoms with Gasteiger partial charge in [-0.25, -0.2) is 13.1 Å². The average molecular weight is 371 g/mol. The van der Waals surface area contributed by atoms with Crippen LogP contribution >= 0.6 is 0 Å². The van der Waals surface area contributed by atoms with Crippen molar-refractivity contribution in [2.45, 2.75) is 57.4 Å². The van der Waals surface area contributed by atoms with Gasteiger partial charge in [-0.3, -0.25) is 4.79 Å². The average Bonchev–Trinajstić information content (AvgIpc) is 2.55. The van der Waals surface area contributed by atoms with Gasteiger partial charge in [0.15, 0.2) is 0 Å². The van der Waals surface area contributed by atoms with Crippen molar-refractivity contribution < 1.29 is 17.9 Å². The van der Waals surface area contributed by atoms with Gasteiger partial charge in [0.2, 0.25) is 10.0 Å². The van der Waals surface area contributed by atoms with Crippen LogP contribution in [-0.2, 0) is 14.8 Å². The molecule has 0 aromatic heterocycles. The molecule has 0 radical (unpaired) electrons. The largest absolute Gasteiger partial charge is 0.383 e. The molecule has 25 heavy (non-hydrogen) atoms. The van der Waals surface area contributed by atoms with E-state index in [-0.39, 0.29) is 30.0 Å². The molecule has 6 nitrogen and oxygen atoms in total. The molecule has 1 rings (SSSR count). The quantitative estimate of drug-likeness (QED) is 0.587. The van der Waals surface area contributed by atoms with Gasteiger partial charge in [0.05, 0.1) is 11.5 Å². The molecule has 7 heteroatoms. The third kappa shape index (κ3) is 7.13. The molecule has 142 valence electrons. The zero-order chi connectivity index (χ0) is 18.9. The van der Waals surface area contributed by atoms with Crippen LogP contribution in [0, 0.1) is 6.92 Å². The number of benzene rings is 1. The molecule has 0 saturated heterocycles. The maximum atomic E-state index is 12.5. The Labute approximate surface area is 151 Å². The predicted octanol–water partition coefficient (Wildman–Crippen LogP) is 2.62. The molecule has 0 heterocycles. The number of nitrogens with one attached hydrogen (secondary N) is 2. The lowest BCUT2D eigenvalue weighted by Gasteiger charge is -2.15. The van der Waals surface area contributed by atoms with Gasteiger partial charge >= 0.3 is 0 Å². The van der Waals surface area contributed by atoms with Crippen molar-refractivity contribution in [1.29, 1.82) is 0 Å². The molecule has 1 aromatic rings. The first kappa shape index (κ1) is 21.6. The van der Waals surface area contributed by atoms with Crippen LogP contribution in [0.5, 0.6) is 0 Å². The van der Waals surface area contributed by atoms with E-state index in [0.717, 1.165) is 31.2 Å². The summed E-state index contributed by atoms with van der Waals surface area (Å²) in [7, 11) is -2.16. The van der Waals surface area contributed by atoms with Crippen LogP contribution < -0.4 is 10.0 Å². The molecule has 0 spiro atoms. The molecule has 0 fully saturated rings. The van der Waals surface area contributed by atoms with Crippen LogP contribution in [-0.4, -0.2) is 40.6 Å². The van der Waals surface area contributed by atoms with E-state index in [4.69, 9.17) is 4.74 Å². The van der Waals surface area contributed by atoms with Crippen LogP contribution in [0.1, 0.15) is 55.5 Å². The van der Waals surface area contributed by atoms with Gasteiger partial charge in [-0.2, -0.15) is 0 Å². The highest BCUT2D eigenvalue weighted by Gasteiger charge is 2.18. The van der Waals surface area contributed by atoms with Crippen LogP contribution in [0.4, 0.5) is 0 Å². The van der Waals surface area contributed by atoms with Crippen LogP contribution in [0.2, 0.25) is 0 Å². The maximum Gasteiger partial charge on any atom is 0.251 e.